The van der Waals surface area contributed by atoms with Gasteiger partial charge in [0, 0.05) is 5.02 Å². The van der Waals surface area contributed by atoms with E-state index in [-0.39, 0.29) is 5.97 Å². The Morgan fingerprint density at radius 1 is 1.47 bits per heavy atom. The average Bonchev–Trinajstić information content (AvgIpc) is 2.29. The third-order valence-corrected chi connectivity index (χ3v) is 2.85. The molecule has 0 aromatic heterocycles. The molecule has 0 aliphatic heterocycles. The predicted molar refractivity (Wildman–Crippen MR) is 69.1 cm³/mol. The SMILES string of the molecule is CCNC(C)(C(=O)OCC)c1cccc(Cl)c1. The minimum Gasteiger partial charge on any atom is -0.464 e. The first-order chi connectivity index (χ1) is 8.04. The Morgan fingerprint density at radius 2 is 2.18 bits per heavy atom. The number of benzene rings is 1. The summed E-state index contributed by atoms with van der Waals surface area (Å²) in [6.45, 7) is 6.58. The molecule has 1 unspecified atom stereocenters. The van der Waals surface area contributed by atoms with Gasteiger partial charge in [-0.1, -0.05) is 30.7 Å². The van der Waals surface area contributed by atoms with Gasteiger partial charge in [0.1, 0.15) is 5.54 Å². The van der Waals surface area contributed by atoms with Crippen molar-refractivity contribution < 1.29 is 9.53 Å². The van der Waals surface area contributed by atoms with E-state index in [9.17, 15) is 4.79 Å². The number of likely N-dealkylation sites (N-methyl/N-ethyl adjacent to an activating group) is 1. The summed E-state index contributed by atoms with van der Waals surface area (Å²) < 4.78 is 5.11. The van der Waals surface area contributed by atoms with Gasteiger partial charge in [0.05, 0.1) is 6.61 Å². The van der Waals surface area contributed by atoms with E-state index in [1.165, 1.54) is 0 Å². The number of hydrogen-bond acceptors (Lipinski definition) is 3. The highest BCUT2D eigenvalue weighted by molar-refractivity contribution is 6.30. The summed E-state index contributed by atoms with van der Waals surface area (Å²) in [5.74, 6) is -0.288. The zero-order valence-corrected chi connectivity index (χ0v) is 11.2. The van der Waals surface area contributed by atoms with Crippen molar-refractivity contribution in [2.45, 2.75) is 26.3 Å². The highest BCUT2D eigenvalue weighted by Gasteiger charge is 2.35. The molecule has 0 aliphatic carbocycles. The first-order valence-electron chi connectivity index (χ1n) is 5.73. The van der Waals surface area contributed by atoms with Crippen LogP contribution >= 0.6 is 11.6 Å². The van der Waals surface area contributed by atoms with Gasteiger partial charge in [0.15, 0.2) is 0 Å². The number of carbonyl (C=O) groups is 1. The van der Waals surface area contributed by atoms with Crippen LogP contribution < -0.4 is 5.32 Å². The summed E-state index contributed by atoms with van der Waals surface area (Å²) in [6, 6.07) is 7.25. The maximum atomic E-state index is 12.0. The van der Waals surface area contributed by atoms with Crippen LogP contribution in [-0.2, 0) is 15.1 Å². The van der Waals surface area contributed by atoms with E-state index >= 15 is 0 Å². The van der Waals surface area contributed by atoms with Crippen LogP contribution in [0.2, 0.25) is 5.02 Å². The zero-order valence-electron chi connectivity index (χ0n) is 10.4. The fourth-order valence-corrected chi connectivity index (χ4v) is 1.91. The van der Waals surface area contributed by atoms with E-state index in [0.717, 1.165) is 5.56 Å². The van der Waals surface area contributed by atoms with Crippen molar-refractivity contribution in [3.63, 3.8) is 0 Å². The Balaban J connectivity index is 3.10. The quantitative estimate of drug-likeness (QED) is 0.823. The minimum atomic E-state index is -0.852. The van der Waals surface area contributed by atoms with Crippen LogP contribution in [-0.4, -0.2) is 19.1 Å². The largest absolute Gasteiger partial charge is 0.464 e. The van der Waals surface area contributed by atoms with Crippen LogP contribution in [0.15, 0.2) is 24.3 Å². The molecule has 0 radical (unpaired) electrons. The van der Waals surface area contributed by atoms with Gasteiger partial charge < -0.3 is 4.74 Å². The van der Waals surface area contributed by atoms with Crippen LogP contribution in [0, 0.1) is 0 Å². The van der Waals surface area contributed by atoms with Gasteiger partial charge in [-0.25, -0.2) is 4.79 Å². The molecule has 17 heavy (non-hydrogen) atoms. The van der Waals surface area contributed by atoms with Crippen molar-refractivity contribution >= 4 is 17.6 Å². The van der Waals surface area contributed by atoms with Crippen LogP contribution in [0.1, 0.15) is 26.3 Å². The lowest BCUT2D eigenvalue weighted by molar-refractivity contribution is -0.151. The van der Waals surface area contributed by atoms with Gasteiger partial charge in [-0.3, -0.25) is 5.32 Å². The first kappa shape index (κ1) is 14.0. The molecular weight excluding hydrogens is 238 g/mol. The first-order valence-corrected chi connectivity index (χ1v) is 6.10. The topological polar surface area (TPSA) is 38.3 Å². The summed E-state index contributed by atoms with van der Waals surface area (Å²) in [5.41, 5.74) is -0.0411. The zero-order chi connectivity index (χ0) is 12.9. The summed E-state index contributed by atoms with van der Waals surface area (Å²) in [6.07, 6.45) is 0. The Hall–Kier alpha value is -1.06. The molecule has 1 rings (SSSR count). The molecule has 0 heterocycles. The summed E-state index contributed by atoms with van der Waals surface area (Å²) in [7, 11) is 0. The number of ether oxygens (including phenoxy) is 1. The van der Waals surface area contributed by atoms with Gasteiger partial charge in [-0.2, -0.15) is 0 Å². The van der Waals surface area contributed by atoms with E-state index in [4.69, 9.17) is 16.3 Å². The van der Waals surface area contributed by atoms with Crippen LogP contribution in [0.3, 0.4) is 0 Å². The highest BCUT2D eigenvalue weighted by Crippen LogP contribution is 2.25. The molecule has 0 saturated heterocycles. The van der Waals surface area contributed by atoms with Gasteiger partial charge in [-0.15, -0.1) is 0 Å². The normalized spacial score (nSPS) is 14.1. The molecule has 0 spiro atoms. The van der Waals surface area contributed by atoms with Gasteiger partial charge in [0.2, 0.25) is 0 Å². The molecule has 1 aromatic carbocycles. The summed E-state index contributed by atoms with van der Waals surface area (Å²) >= 11 is 5.95. The number of hydrogen-bond donors (Lipinski definition) is 1. The second-order valence-corrected chi connectivity index (χ2v) is 4.32. The third kappa shape index (κ3) is 3.20. The maximum Gasteiger partial charge on any atom is 0.330 e. The monoisotopic (exact) mass is 255 g/mol. The molecule has 0 aliphatic rings. The lowest BCUT2D eigenvalue weighted by Gasteiger charge is -2.28. The van der Waals surface area contributed by atoms with Crippen molar-refractivity contribution in [2.24, 2.45) is 0 Å². The standard InChI is InChI=1S/C13H18ClNO2/c1-4-15-13(3,12(16)17-5-2)10-7-6-8-11(14)9-10/h6-9,15H,4-5H2,1-3H3. The Kier molecular flexibility index (Phi) is 4.97. The molecule has 0 amide bonds. The Morgan fingerprint density at radius 3 is 2.71 bits per heavy atom. The second kappa shape index (κ2) is 6.03. The van der Waals surface area contributed by atoms with Crippen LogP contribution in [0.5, 0.6) is 0 Å². The number of esters is 1. The van der Waals surface area contributed by atoms with Crippen molar-refractivity contribution in [1.82, 2.24) is 5.32 Å². The number of nitrogens with one attached hydrogen (secondary N) is 1. The number of rotatable bonds is 5. The minimum absolute atomic E-state index is 0.288. The van der Waals surface area contributed by atoms with E-state index in [1.54, 1.807) is 26.0 Å². The maximum absolute atomic E-state index is 12.0. The molecule has 94 valence electrons. The lowest BCUT2D eigenvalue weighted by Crippen LogP contribution is -2.47. The van der Waals surface area contributed by atoms with Gasteiger partial charge >= 0.3 is 5.97 Å². The Labute approximate surface area is 107 Å². The van der Waals surface area contributed by atoms with E-state index in [0.29, 0.717) is 18.2 Å². The molecular formula is C13H18ClNO2. The molecule has 1 aromatic rings. The lowest BCUT2D eigenvalue weighted by atomic mass is 9.92. The van der Waals surface area contributed by atoms with Gasteiger partial charge in [-0.05, 0) is 38.1 Å². The van der Waals surface area contributed by atoms with Crippen molar-refractivity contribution in [1.29, 1.82) is 0 Å². The molecule has 3 nitrogen and oxygen atoms in total. The Bertz CT molecular complexity index is 395. The fraction of sp³-hybridized carbons (Fsp3) is 0.462. The van der Waals surface area contributed by atoms with E-state index < -0.39 is 5.54 Å². The van der Waals surface area contributed by atoms with E-state index in [2.05, 4.69) is 5.32 Å². The average molecular weight is 256 g/mol. The van der Waals surface area contributed by atoms with Gasteiger partial charge in [0.25, 0.3) is 0 Å². The third-order valence-electron chi connectivity index (χ3n) is 2.62. The molecule has 1 atom stereocenters. The number of halogens is 1. The highest BCUT2D eigenvalue weighted by atomic mass is 35.5. The molecule has 0 saturated carbocycles. The van der Waals surface area contributed by atoms with Crippen molar-refractivity contribution in [3.8, 4) is 0 Å². The number of carbonyl (C=O) groups excluding carboxylic acids is 1. The molecule has 0 fully saturated rings. The second-order valence-electron chi connectivity index (χ2n) is 3.89. The van der Waals surface area contributed by atoms with Crippen molar-refractivity contribution in [2.75, 3.05) is 13.2 Å². The van der Waals surface area contributed by atoms with Crippen LogP contribution in [0.4, 0.5) is 0 Å². The fourth-order valence-electron chi connectivity index (χ4n) is 1.72. The molecule has 0 bridgehead atoms. The predicted octanol–water partition coefficient (Wildman–Crippen LogP) is 2.73. The summed E-state index contributed by atoms with van der Waals surface area (Å²) in [5, 5.41) is 3.76. The smallest absolute Gasteiger partial charge is 0.330 e. The summed E-state index contributed by atoms with van der Waals surface area (Å²) in [4.78, 5) is 12.0. The van der Waals surface area contributed by atoms with Crippen LogP contribution in [0.25, 0.3) is 0 Å². The molecule has 1 N–H and O–H groups in total. The van der Waals surface area contributed by atoms with E-state index in [1.807, 2.05) is 19.1 Å². The molecule has 4 heteroatoms. The van der Waals surface area contributed by atoms with Crippen molar-refractivity contribution in [3.05, 3.63) is 34.9 Å².